The lowest BCUT2D eigenvalue weighted by Gasteiger charge is -2.27. The summed E-state index contributed by atoms with van der Waals surface area (Å²) in [6.45, 7) is 41.7. The van der Waals surface area contributed by atoms with Crippen molar-refractivity contribution in [2.24, 2.45) is 0 Å². The van der Waals surface area contributed by atoms with Crippen LogP contribution in [0.3, 0.4) is 0 Å². The summed E-state index contributed by atoms with van der Waals surface area (Å²) in [7, 11) is 0. The monoisotopic (exact) mass is 1100 g/mol. The number of para-hydroxylation sites is 2. The molecule has 0 aliphatic rings. The van der Waals surface area contributed by atoms with E-state index in [-0.39, 0.29) is 32.5 Å². The lowest BCUT2D eigenvalue weighted by molar-refractivity contribution is 0.567. The molecule has 84 heavy (non-hydrogen) atoms. The molecular formula is C79H81N5. The van der Waals surface area contributed by atoms with Gasteiger partial charge in [-0.1, -0.05) is 197 Å². The average Bonchev–Trinajstić information content (AvgIpc) is 1.57. The molecule has 0 bridgehead atoms. The number of aromatic nitrogens is 4. The van der Waals surface area contributed by atoms with Gasteiger partial charge >= 0.3 is 0 Å². The van der Waals surface area contributed by atoms with Crippen LogP contribution in [0.1, 0.15) is 164 Å². The molecule has 0 fully saturated rings. The Morgan fingerprint density at radius 3 is 1.05 bits per heavy atom. The van der Waals surface area contributed by atoms with E-state index in [0.29, 0.717) is 5.56 Å². The molecule has 9 aromatic carbocycles. The van der Waals surface area contributed by atoms with Gasteiger partial charge in [0.1, 0.15) is 6.07 Å². The minimum Gasteiger partial charge on any atom is -0.309 e. The Balaban J connectivity index is 1.14. The molecule has 4 heterocycles. The van der Waals surface area contributed by atoms with Gasteiger partial charge in [-0.15, -0.1) is 0 Å². The van der Waals surface area contributed by atoms with Crippen molar-refractivity contribution in [1.29, 1.82) is 5.26 Å². The van der Waals surface area contributed by atoms with Crippen LogP contribution in [0.2, 0.25) is 0 Å². The van der Waals surface area contributed by atoms with Crippen molar-refractivity contribution in [3.05, 3.63) is 203 Å². The first-order chi connectivity index (χ1) is 39.4. The maximum Gasteiger partial charge on any atom is 0.101 e. The Bertz CT molecular complexity index is 4810. The quantitative estimate of drug-likeness (QED) is 0.173. The van der Waals surface area contributed by atoms with Gasteiger partial charge in [0, 0.05) is 60.2 Å². The predicted octanol–water partition coefficient (Wildman–Crippen LogP) is 21.7. The van der Waals surface area contributed by atoms with Gasteiger partial charge in [0.05, 0.1) is 55.4 Å². The Morgan fingerprint density at radius 1 is 0.274 bits per heavy atom. The number of fused-ring (bicyclic) bond motifs is 14. The van der Waals surface area contributed by atoms with E-state index in [0.717, 1.165) is 55.4 Å². The van der Waals surface area contributed by atoms with E-state index in [1.54, 1.807) is 0 Å². The highest BCUT2D eigenvalue weighted by Gasteiger charge is 2.30. The number of hydrogen-bond acceptors (Lipinski definition) is 1. The van der Waals surface area contributed by atoms with Gasteiger partial charge in [-0.05, 0) is 157 Å². The minimum absolute atomic E-state index is 0.0174. The van der Waals surface area contributed by atoms with Gasteiger partial charge in [0.25, 0.3) is 0 Å². The van der Waals surface area contributed by atoms with Gasteiger partial charge in [-0.3, -0.25) is 0 Å². The second-order valence-corrected chi connectivity index (χ2v) is 30.4. The fourth-order valence-corrected chi connectivity index (χ4v) is 13.3. The summed E-state index contributed by atoms with van der Waals surface area (Å²) in [5, 5.41) is 21.1. The first-order valence-corrected chi connectivity index (χ1v) is 30.3. The topological polar surface area (TPSA) is 43.5 Å². The molecule has 422 valence electrons. The summed E-state index contributed by atoms with van der Waals surface area (Å²) in [6.07, 6.45) is 0. The fourth-order valence-electron chi connectivity index (χ4n) is 13.3. The van der Waals surface area contributed by atoms with Gasteiger partial charge < -0.3 is 18.3 Å². The molecule has 4 aromatic heterocycles. The standard InChI is InChI=1S/C79H81N5/c1-74(2,3)48-27-32-66-61(44-48)62-45-49(75(4,5)6)28-33-67(62)81(66)54-29-34-63(47(37-54)46-80)84-65-26-22-20-24-60(65)71-69(84)36-31-58-57-30-35-68-70(72(57)83(73(58)71)56-42-52(78(13,14)15)39-53(43-56)79(16,17)18)59-23-19-21-25-64(59)82(68)55-40-50(76(7,8)9)38-51(41-55)77(10,11)12/h19-45H,1-18H3. The van der Waals surface area contributed by atoms with E-state index in [2.05, 4.69) is 313 Å². The first kappa shape index (κ1) is 54.9. The molecule has 13 aromatic rings. The lowest BCUT2D eigenvalue weighted by atomic mass is 9.80. The second-order valence-electron chi connectivity index (χ2n) is 30.4. The molecule has 0 saturated carbocycles. The number of nitriles is 1. The van der Waals surface area contributed by atoms with Crippen LogP contribution in [0.25, 0.3) is 110 Å². The highest BCUT2D eigenvalue weighted by molar-refractivity contribution is 6.31. The highest BCUT2D eigenvalue weighted by atomic mass is 15.0. The van der Waals surface area contributed by atoms with E-state index < -0.39 is 0 Å². The van der Waals surface area contributed by atoms with Crippen LogP contribution in [0.4, 0.5) is 0 Å². The molecule has 0 N–H and O–H groups in total. The zero-order valence-corrected chi connectivity index (χ0v) is 52.8. The zero-order chi connectivity index (χ0) is 59.7. The Morgan fingerprint density at radius 2 is 0.631 bits per heavy atom. The summed E-state index contributed by atoms with van der Waals surface area (Å²) in [6, 6.07) is 65.1. The van der Waals surface area contributed by atoms with E-state index >= 15 is 0 Å². The average molecular weight is 1100 g/mol. The van der Waals surface area contributed by atoms with Gasteiger partial charge in [0.15, 0.2) is 0 Å². The SMILES string of the molecule is CC(C)(C)c1cc(-n2c3ccccc3c3c2ccc2c4ccc5c(c6ccccc6n5-c5ccc(-n6c7ccc(C(C)(C)C)cc7c7cc(C(C)(C)C)ccc76)cc5C#N)c4n(-c4cc(C(C)(C)C)cc(C(C)(C)C)c4)c23)cc(C(C)(C)C)c1. The Hall–Kier alpha value is -8.33. The van der Waals surface area contributed by atoms with Crippen LogP contribution in [0, 0.1) is 11.3 Å². The number of rotatable bonds is 4. The minimum atomic E-state index is -0.127. The van der Waals surface area contributed by atoms with E-state index in [1.165, 1.54) is 87.9 Å². The first-order valence-electron chi connectivity index (χ1n) is 30.3. The van der Waals surface area contributed by atoms with Crippen LogP contribution in [-0.2, 0) is 32.5 Å². The fraction of sp³-hybridized carbons (Fsp3) is 0.304. The van der Waals surface area contributed by atoms with Crippen LogP contribution >= 0.6 is 0 Å². The molecule has 13 rings (SSSR count). The Labute approximate surface area is 496 Å². The Kier molecular flexibility index (Phi) is 12.0. The predicted molar refractivity (Wildman–Crippen MR) is 361 cm³/mol. The summed E-state index contributed by atoms with van der Waals surface area (Å²) >= 11 is 0. The maximum atomic E-state index is 11.5. The van der Waals surface area contributed by atoms with Gasteiger partial charge in [-0.2, -0.15) is 5.26 Å². The molecule has 0 aliphatic carbocycles. The van der Waals surface area contributed by atoms with Crippen molar-refractivity contribution in [3.63, 3.8) is 0 Å². The molecular weight excluding hydrogens is 1020 g/mol. The number of nitrogens with zero attached hydrogens (tertiary/aromatic N) is 5. The van der Waals surface area contributed by atoms with Crippen molar-refractivity contribution in [3.8, 4) is 28.8 Å². The molecule has 0 spiro atoms. The molecule has 5 nitrogen and oxygen atoms in total. The van der Waals surface area contributed by atoms with Crippen molar-refractivity contribution in [2.75, 3.05) is 0 Å². The molecule has 0 saturated heterocycles. The summed E-state index contributed by atoms with van der Waals surface area (Å²) in [5.74, 6) is 0. The third-order valence-corrected chi connectivity index (χ3v) is 18.3. The highest BCUT2D eigenvalue weighted by Crippen LogP contribution is 2.48. The summed E-state index contributed by atoms with van der Waals surface area (Å²) in [5.41, 5.74) is 21.2. The number of benzene rings is 9. The summed E-state index contributed by atoms with van der Waals surface area (Å²) in [4.78, 5) is 0. The van der Waals surface area contributed by atoms with E-state index in [4.69, 9.17) is 0 Å². The van der Waals surface area contributed by atoms with Crippen LogP contribution in [0.15, 0.2) is 164 Å². The van der Waals surface area contributed by atoms with Gasteiger partial charge in [0.2, 0.25) is 0 Å². The molecule has 0 atom stereocenters. The van der Waals surface area contributed by atoms with Crippen LogP contribution in [-0.4, -0.2) is 18.3 Å². The normalized spacial score (nSPS) is 13.3. The molecule has 0 radical (unpaired) electrons. The summed E-state index contributed by atoms with van der Waals surface area (Å²) < 4.78 is 9.88. The van der Waals surface area contributed by atoms with Crippen molar-refractivity contribution in [2.45, 2.75) is 157 Å². The largest absolute Gasteiger partial charge is 0.309 e. The second kappa shape index (κ2) is 18.3. The van der Waals surface area contributed by atoms with E-state index in [9.17, 15) is 5.26 Å². The van der Waals surface area contributed by atoms with Gasteiger partial charge in [-0.25, -0.2) is 0 Å². The lowest BCUT2D eigenvalue weighted by Crippen LogP contribution is -2.17. The maximum absolute atomic E-state index is 11.5. The van der Waals surface area contributed by atoms with Crippen LogP contribution < -0.4 is 0 Å². The molecule has 5 heteroatoms. The molecule has 0 amide bonds. The van der Waals surface area contributed by atoms with Crippen molar-refractivity contribution < 1.29 is 0 Å². The van der Waals surface area contributed by atoms with E-state index in [1.807, 2.05) is 0 Å². The third kappa shape index (κ3) is 8.60. The number of hydrogen-bond donors (Lipinski definition) is 0. The van der Waals surface area contributed by atoms with Crippen LogP contribution in [0.5, 0.6) is 0 Å². The molecule has 0 aliphatic heterocycles. The van der Waals surface area contributed by atoms with Crippen molar-refractivity contribution in [1.82, 2.24) is 18.3 Å². The smallest absolute Gasteiger partial charge is 0.101 e. The zero-order valence-electron chi connectivity index (χ0n) is 52.8. The molecule has 0 unspecified atom stereocenters. The third-order valence-electron chi connectivity index (χ3n) is 18.3. The van der Waals surface area contributed by atoms with Crippen molar-refractivity contribution >= 4 is 87.2 Å².